The Kier molecular flexibility index (Phi) is 6.52. The minimum absolute atomic E-state index is 0. The standard InChI is InChI=1S/C17H26N4O.HI/c1-13-10-15(14(2)22-13)11-19-17(18-3)21-9-6-16(12-21)20-7-4-5-8-20;/h4-5,10,16H,6-9,11-12H2,1-3H3,(H,18,19);1H. The SMILES string of the molecule is CN=C(NCc1cc(C)oc1C)N1CCC(N2CC=CC2)C1.I. The van der Waals surface area contributed by atoms with Crippen LogP contribution in [0.15, 0.2) is 27.6 Å². The lowest BCUT2D eigenvalue weighted by Gasteiger charge is -2.25. The Hall–Kier alpha value is -1.02. The fourth-order valence-corrected chi connectivity index (χ4v) is 3.39. The molecule has 0 aliphatic carbocycles. The Labute approximate surface area is 155 Å². The van der Waals surface area contributed by atoms with Crippen molar-refractivity contribution >= 4 is 29.9 Å². The highest BCUT2D eigenvalue weighted by atomic mass is 127. The lowest BCUT2D eigenvalue weighted by molar-refractivity contribution is 0.259. The van der Waals surface area contributed by atoms with Gasteiger partial charge in [0.05, 0.1) is 0 Å². The topological polar surface area (TPSA) is 44.0 Å². The zero-order chi connectivity index (χ0) is 15.5. The Morgan fingerprint density at radius 2 is 2.09 bits per heavy atom. The van der Waals surface area contributed by atoms with Gasteiger partial charge in [-0.05, 0) is 26.3 Å². The molecule has 0 saturated carbocycles. The first-order valence-corrected chi connectivity index (χ1v) is 8.08. The molecule has 1 aromatic heterocycles. The van der Waals surface area contributed by atoms with Crippen molar-refractivity contribution in [3.63, 3.8) is 0 Å². The molecule has 5 nitrogen and oxygen atoms in total. The van der Waals surface area contributed by atoms with E-state index in [9.17, 15) is 0 Å². The van der Waals surface area contributed by atoms with Gasteiger partial charge in [0.25, 0.3) is 0 Å². The summed E-state index contributed by atoms with van der Waals surface area (Å²) in [5.41, 5.74) is 1.21. The van der Waals surface area contributed by atoms with E-state index in [4.69, 9.17) is 4.42 Å². The highest BCUT2D eigenvalue weighted by Gasteiger charge is 2.29. The van der Waals surface area contributed by atoms with E-state index >= 15 is 0 Å². The van der Waals surface area contributed by atoms with E-state index in [0.29, 0.717) is 6.04 Å². The lowest BCUT2D eigenvalue weighted by atomic mass is 10.2. The van der Waals surface area contributed by atoms with Crippen LogP contribution in [0.2, 0.25) is 0 Å². The van der Waals surface area contributed by atoms with Crippen molar-refractivity contribution in [3.05, 3.63) is 35.3 Å². The second-order valence-corrected chi connectivity index (χ2v) is 6.15. The summed E-state index contributed by atoms with van der Waals surface area (Å²) in [6.45, 7) is 9.09. The van der Waals surface area contributed by atoms with Crippen LogP contribution in [0.5, 0.6) is 0 Å². The zero-order valence-corrected chi connectivity index (χ0v) is 16.5. The maximum Gasteiger partial charge on any atom is 0.193 e. The number of hydrogen-bond acceptors (Lipinski definition) is 3. The Balaban J connectivity index is 0.00000192. The first-order chi connectivity index (χ1) is 10.7. The van der Waals surface area contributed by atoms with E-state index in [1.165, 1.54) is 12.0 Å². The van der Waals surface area contributed by atoms with E-state index in [2.05, 4.69) is 38.3 Å². The molecule has 1 fully saturated rings. The molecule has 2 aliphatic rings. The van der Waals surface area contributed by atoms with Gasteiger partial charge in [0.15, 0.2) is 5.96 Å². The molecule has 0 spiro atoms. The number of guanidine groups is 1. The van der Waals surface area contributed by atoms with Crippen molar-refractivity contribution in [2.45, 2.75) is 32.9 Å². The third kappa shape index (κ3) is 4.29. The molecule has 128 valence electrons. The van der Waals surface area contributed by atoms with Crippen molar-refractivity contribution in [1.82, 2.24) is 15.1 Å². The summed E-state index contributed by atoms with van der Waals surface area (Å²) in [5.74, 6) is 2.95. The fraction of sp³-hybridized carbons (Fsp3) is 0.588. The van der Waals surface area contributed by atoms with E-state index in [-0.39, 0.29) is 24.0 Å². The molecular formula is C17H27IN4O. The lowest BCUT2D eigenvalue weighted by Crippen LogP contribution is -2.42. The second kappa shape index (κ2) is 8.19. The van der Waals surface area contributed by atoms with E-state index in [0.717, 1.165) is 50.2 Å². The predicted octanol–water partition coefficient (Wildman–Crippen LogP) is 2.54. The smallest absolute Gasteiger partial charge is 0.193 e. The molecule has 6 heteroatoms. The van der Waals surface area contributed by atoms with Crippen molar-refractivity contribution in [2.75, 3.05) is 33.2 Å². The number of hydrogen-bond donors (Lipinski definition) is 1. The maximum atomic E-state index is 5.58. The quantitative estimate of drug-likeness (QED) is 0.347. The number of likely N-dealkylation sites (tertiary alicyclic amines) is 1. The van der Waals surface area contributed by atoms with Crippen molar-refractivity contribution in [3.8, 4) is 0 Å². The van der Waals surface area contributed by atoms with E-state index in [1.807, 2.05) is 20.9 Å². The number of nitrogens with one attached hydrogen (secondary N) is 1. The summed E-state index contributed by atoms with van der Waals surface area (Å²) in [4.78, 5) is 9.35. The number of nitrogens with zero attached hydrogens (tertiary/aromatic N) is 3. The van der Waals surface area contributed by atoms with E-state index < -0.39 is 0 Å². The number of rotatable bonds is 3. The molecule has 1 saturated heterocycles. The minimum atomic E-state index is 0. The molecule has 1 aromatic rings. The van der Waals surface area contributed by atoms with Crippen LogP contribution in [-0.4, -0.2) is 55.0 Å². The van der Waals surface area contributed by atoms with Gasteiger partial charge in [-0.3, -0.25) is 9.89 Å². The normalized spacial score (nSPS) is 21.8. The summed E-state index contributed by atoms with van der Waals surface area (Å²) < 4.78 is 5.58. The molecule has 1 N–H and O–H groups in total. The van der Waals surface area contributed by atoms with Gasteiger partial charge < -0.3 is 14.6 Å². The first kappa shape index (κ1) is 18.3. The molecule has 0 bridgehead atoms. The molecule has 23 heavy (non-hydrogen) atoms. The molecule has 3 rings (SSSR count). The summed E-state index contributed by atoms with van der Waals surface area (Å²) in [5, 5.41) is 3.47. The van der Waals surface area contributed by atoms with Gasteiger partial charge in [-0.2, -0.15) is 0 Å². The largest absolute Gasteiger partial charge is 0.466 e. The van der Waals surface area contributed by atoms with Crippen LogP contribution in [-0.2, 0) is 6.54 Å². The van der Waals surface area contributed by atoms with Gasteiger partial charge in [0.2, 0.25) is 0 Å². The number of aryl methyl sites for hydroxylation is 2. The molecule has 0 amide bonds. The molecule has 2 aliphatic heterocycles. The monoisotopic (exact) mass is 430 g/mol. The van der Waals surface area contributed by atoms with E-state index in [1.54, 1.807) is 0 Å². The zero-order valence-electron chi connectivity index (χ0n) is 14.2. The average Bonchev–Trinajstić information content (AvgIpc) is 3.21. The van der Waals surface area contributed by atoms with Gasteiger partial charge >= 0.3 is 0 Å². The number of furan rings is 1. The Morgan fingerprint density at radius 1 is 1.35 bits per heavy atom. The highest BCUT2D eigenvalue weighted by Crippen LogP contribution is 2.18. The van der Waals surface area contributed by atoms with Gasteiger partial charge in [0.1, 0.15) is 11.5 Å². The highest BCUT2D eigenvalue weighted by molar-refractivity contribution is 14.0. The predicted molar refractivity (Wildman–Crippen MR) is 104 cm³/mol. The van der Waals surface area contributed by atoms with Crippen LogP contribution in [0.1, 0.15) is 23.5 Å². The Morgan fingerprint density at radius 3 is 2.70 bits per heavy atom. The van der Waals surface area contributed by atoms with Crippen LogP contribution < -0.4 is 5.32 Å². The summed E-state index contributed by atoms with van der Waals surface area (Å²) in [6, 6.07) is 2.74. The summed E-state index contributed by atoms with van der Waals surface area (Å²) in [7, 11) is 1.86. The molecule has 1 atom stereocenters. The number of aliphatic imine (C=N–C) groups is 1. The van der Waals surface area contributed by atoms with Gasteiger partial charge in [-0.1, -0.05) is 12.2 Å². The van der Waals surface area contributed by atoms with Gasteiger partial charge in [-0.15, -0.1) is 24.0 Å². The summed E-state index contributed by atoms with van der Waals surface area (Å²) >= 11 is 0. The third-order valence-corrected chi connectivity index (χ3v) is 4.62. The van der Waals surface area contributed by atoms with Crippen molar-refractivity contribution in [2.24, 2.45) is 4.99 Å². The molecule has 0 radical (unpaired) electrons. The van der Waals surface area contributed by atoms with Crippen molar-refractivity contribution < 1.29 is 4.42 Å². The number of halogens is 1. The molecule has 1 unspecified atom stereocenters. The van der Waals surface area contributed by atoms with Crippen molar-refractivity contribution in [1.29, 1.82) is 0 Å². The van der Waals surface area contributed by atoms with Gasteiger partial charge in [-0.25, -0.2) is 0 Å². The van der Waals surface area contributed by atoms with Crippen LogP contribution in [0, 0.1) is 13.8 Å². The van der Waals surface area contributed by atoms with Crippen LogP contribution in [0.3, 0.4) is 0 Å². The Bertz CT molecular complexity index is 573. The first-order valence-electron chi connectivity index (χ1n) is 8.08. The van der Waals surface area contributed by atoms with Crippen LogP contribution >= 0.6 is 24.0 Å². The fourth-order valence-electron chi connectivity index (χ4n) is 3.39. The maximum absolute atomic E-state index is 5.58. The molecular weight excluding hydrogens is 403 g/mol. The summed E-state index contributed by atoms with van der Waals surface area (Å²) in [6.07, 6.45) is 5.74. The van der Waals surface area contributed by atoms with Crippen LogP contribution in [0.4, 0.5) is 0 Å². The second-order valence-electron chi connectivity index (χ2n) is 6.15. The van der Waals surface area contributed by atoms with Gasteiger partial charge in [0, 0.05) is 51.4 Å². The van der Waals surface area contributed by atoms with Crippen LogP contribution in [0.25, 0.3) is 0 Å². The minimum Gasteiger partial charge on any atom is -0.466 e. The molecule has 0 aromatic carbocycles. The average molecular weight is 430 g/mol. The molecule has 3 heterocycles. The third-order valence-electron chi connectivity index (χ3n) is 4.62.